The number of nitrogens with zero attached hydrogens (tertiary/aromatic N) is 1. The van der Waals surface area contributed by atoms with E-state index >= 15 is 0 Å². The van der Waals surface area contributed by atoms with Crippen LogP contribution in [-0.4, -0.2) is 59.4 Å². The van der Waals surface area contributed by atoms with Gasteiger partial charge in [-0.3, -0.25) is 9.59 Å². The molecule has 7 heteroatoms. The van der Waals surface area contributed by atoms with Gasteiger partial charge in [0.1, 0.15) is 6.04 Å². The smallest absolute Gasteiger partial charge is 0.327 e. The molecule has 16 heavy (non-hydrogen) atoms. The molecule has 2 amide bonds. The van der Waals surface area contributed by atoms with Gasteiger partial charge in [-0.1, -0.05) is 0 Å². The highest BCUT2D eigenvalue weighted by Crippen LogP contribution is 2.04. The van der Waals surface area contributed by atoms with E-state index in [-0.39, 0.29) is 17.4 Å². The monoisotopic (exact) mass is 248 g/mol. The molecule has 0 aromatic carbocycles. The third-order valence-corrected chi connectivity index (χ3v) is 2.70. The van der Waals surface area contributed by atoms with Gasteiger partial charge in [0.2, 0.25) is 11.8 Å². The lowest BCUT2D eigenvalue weighted by atomic mass is 10.3. The summed E-state index contributed by atoms with van der Waals surface area (Å²) in [5.74, 6) is -1.20. The largest absolute Gasteiger partial charge is 0.480 e. The molecule has 6 nitrogen and oxygen atoms in total. The molecule has 0 aliphatic rings. The van der Waals surface area contributed by atoms with Crippen LogP contribution in [0.4, 0.5) is 0 Å². The van der Waals surface area contributed by atoms with Crippen molar-refractivity contribution in [2.75, 3.05) is 25.6 Å². The molecule has 92 valence electrons. The summed E-state index contributed by atoms with van der Waals surface area (Å²) >= 11 is 1.18. The SMILES string of the molecule is CC(=O)NC(CSCC(=O)N(C)C)C(=O)O. The molecule has 0 saturated carbocycles. The van der Waals surface area contributed by atoms with Crippen molar-refractivity contribution in [3.63, 3.8) is 0 Å². The van der Waals surface area contributed by atoms with Crippen molar-refractivity contribution in [2.24, 2.45) is 0 Å². The highest BCUT2D eigenvalue weighted by atomic mass is 32.2. The maximum atomic E-state index is 11.2. The first-order valence-corrected chi connectivity index (χ1v) is 5.78. The Morgan fingerprint density at radius 1 is 1.38 bits per heavy atom. The van der Waals surface area contributed by atoms with Crippen LogP contribution in [0.25, 0.3) is 0 Å². The maximum absolute atomic E-state index is 11.2. The average molecular weight is 248 g/mol. The third kappa shape index (κ3) is 6.28. The summed E-state index contributed by atoms with van der Waals surface area (Å²) in [7, 11) is 3.26. The number of hydrogen-bond donors (Lipinski definition) is 2. The lowest BCUT2D eigenvalue weighted by molar-refractivity contribution is -0.140. The first kappa shape index (κ1) is 14.8. The minimum Gasteiger partial charge on any atom is -0.480 e. The van der Waals surface area contributed by atoms with Gasteiger partial charge >= 0.3 is 5.97 Å². The zero-order valence-electron chi connectivity index (χ0n) is 9.52. The Bertz CT molecular complexity index is 281. The highest BCUT2D eigenvalue weighted by molar-refractivity contribution is 8.00. The molecule has 0 heterocycles. The maximum Gasteiger partial charge on any atom is 0.327 e. The van der Waals surface area contributed by atoms with E-state index in [1.807, 2.05) is 0 Å². The van der Waals surface area contributed by atoms with E-state index in [2.05, 4.69) is 5.32 Å². The second-order valence-corrected chi connectivity index (χ2v) is 4.42. The van der Waals surface area contributed by atoms with Gasteiger partial charge in [-0.2, -0.15) is 0 Å². The molecule has 0 aromatic heterocycles. The average Bonchev–Trinajstić information content (AvgIpc) is 2.14. The molecule has 0 aliphatic heterocycles. The van der Waals surface area contributed by atoms with Crippen LogP contribution in [0.5, 0.6) is 0 Å². The van der Waals surface area contributed by atoms with Crippen molar-refractivity contribution < 1.29 is 19.5 Å². The number of carboxylic acid groups (broad SMARTS) is 1. The van der Waals surface area contributed by atoms with Crippen LogP contribution in [0.2, 0.25) is 0 Å². The van der Waals surface area contributed by atoms with Crippen LogP contribution < -0.4 is 5.32 Å². The quantitative estimate of drug-likeness (QED) is 0.655. The molecular weight excluding hydrogens is 232 g/mol. The second kappa shape index (κ2) is 7.10. The molecular formula is C9H16N2O4S. The Morgan fingerprint density at radius 3 is 2.31 bits per heavy atom. The van der Waals surface area contributed by atoms with Gasteiger partial charge in [0.05, 0.1) is 5.75 Å². The van der Waals surface area contributed by atoms with Crippen LogP contribution >= 0.6 is 11.8 Å². The van der Waals surface area contributed by atoms with Gasteiger partial charge in [0, 0.05) is 26.8 Å². The summed E-state index contributed by atoms with van der Waals surface area (Å²) in [5.41, 5.74) is 0. The van der Waals surface area contributed by atoms with Crippen LogP contribution in [0.1, 0.15) is 6.92 Å². The van der Waals surface area contributed by atoms with Crippen molar-refractivity contribution in [3.8, 4) is 0 Å². The molecule has 0 radical (unpaired) electrons. The summed E-state index contributed by atoms with van der Waals surface area (Å²) in [5, 5.41) is 11.1. The fraction of sp³-hybridized carbons (Fsp3) is 0.667. The molecule has 1 atom stereocenters. The van der Waals surface area contributed by atoms with Gasteiger partial charge in [-0.25, -0.2) is 4.79 Å². The number of rotatable bonds is 6. The van der Waals surface area contributed by atoms with Crippen molar-refractivity contribution in [1.82, 2.24) is 10.2 Å². The molecule has 0 aromatic rings. The van der Waals surface area contributed by atoms with Crippen LogP contribution in [0.15, 0.2) is 0 Å². The van der Waals surface area contributed by atoms with E-state index in [9.17, 15) is 14.4 Å². The molecule has 2 N–H and O–H groups in total. The standard InChI is InChI=1S/C9H16N2O4S/c1-6(12)10-7(9(14)15)4-16-5-8(13)11(2)3/h7H,4-5H2,1-3H3,(H,10,12)(H,14,15). The van der Waals surface area contributed by atoms with Gasteiger partial charge in [0.25, 0.3) is 0 Å². The lowest BCUT2D eigenvalue weighted by Crippen LogP contribution is -2.41. The zero-order valence-corrected chi connectivity index (χ0v) is 10.3. The Balaban J connectivity index is 3.99. The Labute approximate surface area is 98.4 Å². The summed E-state index contributed by atoms with van der Waals surface area (Å²) < 4.78 is 0. The van der Waals surface area contributed by atoms with Gasteiger partial charge in [0.15, 0.2) is 0 Å². The van der Waals surface area contributed by atoms with Crippen LogP contribution in [-0.2, 0) is 14.4 Å². The number of carbonyl (C=O) groups is 3. The van der Waals surface area contributed by atoms with Crippen molar-refractivity contribution >= 4 is 29.5 Å². The second-order valence-electron chi connectivity index (χ2n) is 3.39. The van der Waals surface area contributed by atoms with E-state index in [1.165, 1.54) is 23.6 Å². The van der Waals surface area contributed by atoms with Crippen LogP contribution in [0.3, 0.4) is 0 Å². The van der Waals surface area contributed by atoms with E-state index in [0.29, 0.717) is 0 Å². The number of carboxylic acids is 1. The van der Waals surface area contributed by atoms with Crippen molar-refractivity contribution in [2.45, 2.75) is 13.0 Å². The molecule has 1 unspecified atom stereocenters. The Hall–Kier alpha value is -1.24. The van der Waals surface area contributed by atoms with E-state index in [0.717, 1.165) is 0 Å². The Morgan fingerprint density at radius 2 is 1.94 bits per heavy atom. The molecule has 0 bridgehead atoms. The zero-order chi connectivity index (χ0) is 12.7. The minimum absolute atomic E-state index is 0.0861. The van der Waals surface area contributed by atoms with Crippen LogP contribution in [0, 0.1) is 0 Å². The van der Waals surface area contributed by atoms with E-state index < -0.39 is 17.9 Å². The van der Waals surface area contributed by atoms with Gasteiger partial charge in [-0.05, 0) is 0 Å². The van der Waals surface area contributed by atoms with Gasteiger partial charge in [-0.15, -0.1) is 11.8 Å². The van der Waals surface area contributed by atoms with Crippen molar-refractivity contribution in [3.05, 3.63) is 0 Å². The number of nitrogens with one attached hydrogen (secondary N) is 1. The third-order valence-electron chi connectivity index (χ3n) is 1.68. The van der Waals surface area contributed by atoms with E-state index in [1.54, 1.807) is 14.1 Å². The summed E-state index contributed by atoms with van der Waals surface area (Å²) in [6.07, 6.45) is 0. The summed E-state index contributed by atoms with van der Waals surface area (Å²) in [6.45, 7) is 1.26. The Kier molecular flexibility index (Phi) is 6.55. The summed E-state index contributed by atoms with van der Waals surface area (Å²) in [6, 6.07) is -0.947. The fourth-order valence-electron chi connectivity index (χ4n) is 0.813. The normalized spacial score (nSPS) is 11.7. The highest BCUT2D eigenvalue weighted by Gasteiger charge is 2.18. The number of carbonyl (C=O) groups excluding carboxylic acids is 2. The predicted octanol–water partition coefficient (Wildman–Crippen LogP) is -0.603. The van der Waals surface area contributed by atoms with E-state index in [4.69, 9.17) is 5.11 Å². The number of hydrogen-bond acceptors (Lipinski definition) is 4. The first-order valence-electron chi connectivity index (χ1n) is 4.62. The fourth-order valence-corrected chi connectivity index (χ4v) is 1.83. The number of aliphatic carboxylic acids is 1. The topological polar surface area (TPSA) is 86.7 Å². The molecule has 0 saturated heterocycles. The molecule has 0 aliphatic carbocycles. The first-order chi connectivity index (χ1) is 7.34. The summed E-state index contributed by atoms with van der Waals surface area (Å²) in [4.78, 5) is 34.0. The molecule has 0 fully saturated rings. The predicted molar refractivity (Wildman–Crippen MR) is 61.3 cm³/mol. The van der Waals surface area contributed by atoms with Crippen molar-refractivity contribution in [1.29, 1.82) is 0 Å². The van der Waals surface area contributed by atoms with Gasteiger partial charge < -0.3 is 15.3 Å². The number of thioether (sulfide) groups is 1. The molecule has 0 spiro atoms. The lowest BCUT2D eigenvalue weighted by Gasteiger charge is -2.14. The molecule has 0 rings (SSSR count). The minimum atomic E-state index is -1.10. The number of amides is 2.